The van der Waals surface area contributed by atoms with E-state index < -0.39 is 0 Å². The van der Waals surface area contributed by atoms with Crippen LogP contribution in [0.2, 0.25) is 0 Å². The smallest absolute Gasteiger partial charge is 0.0816 e. The minimum atomic E-state index is -0.0733. The number of fused-ring (bicyclic) bond motifs is 2. The van der Waals surface area contributed by atoms with Gasteiger partial charge in [-0.05, 0) is 70.5 Å². The van der Waals surface area contributed by atoms with Crippen molar-refractivity contribution in [2.75, 3.05) is 31.6 Å². The van der Waals surface area contributed by atoms with Crippen LogP contribution in [-0.2, 0) is 23.3 Å². The number of hydrogen-bond acceptors (Lipinski definition) is 4. The van der Waals surface area contributed by atoms with Gasteiger partial charge in [-0.25, -0.2) is 0 Å². The Labute approximate surface area is 167 Å². The fourth-order valence-electron chi connectivity index (χ4n) is 4.54. The number of ether oxygens (including phenoxy) is 1. The Kier molecular flexibility index (Phi) is 5.08. The molecule has 4 heteroatoms. The molecule has 0 unspecified atom stereocenters. The lowest BCUT2D eigenvalue weighted by molar-refractivity contribution is -0.0136. The largest absolute Gasteiger partial charge is 0.373 e. The molecule has 1 aromatic heterocycles. The number of rotatable bonds is 4. The minimum absolute atomic E-state index is 0.0733. The van der Waals surface area contributed by atoms with Crippen molar-refractivity contribution in [1.29, 1.82) is 0 Å². The molecule has 0 N–H and O–H groups in total. The second-order valence-electron chi connectivity index (χ2n) is 9.20. The molecule has 2 aromatic rings. The topological polar surface area (TPSA) is 15.7 Å². The summed E-state index contributed by atoms with van der Waals surface area (Å²) in [5, 5.41) is 0. The van der Waals surface area contributed by atoms with Gasteiger partial charge in [0.05, 0.1) is 12.2 Å². The van der Waals surface area contributed by atoms with Crippen molar-refractivity contribution in [3.05, 3.63) is 51.7 Å². The van der Waals surface area contributed by atoms with Crippen LogP contribution in [0.5, 0.6) is 0 Å². The van der Waals surface area contributed by atoms with Crippen LogP contribution in [0.1, 0.15) is 48.9 Å². The number of thiophene rings is 1. The Morgan fingerprint density at radius 1 is 1.04 bits per heavy atom. The Morgan fingerprint density at radius 3 is 2.48 bits per heavy atom. The molecule has 3 nitrogen and oxygen atoms in total. The number of piperidine rings is 1. The summed E-state index contributed by atoms with van der Waals surface area (Å²) < 4.78 is 5.92. The van der Waals surface area contributed by atoms with Crippen LogP contribution >= 0.6 is 11.3 Å². The summed E-state index contributed by atoms with van der Waals surface area (Å²) in [5.74, 6) is 0. The summed E-state index contributed by atoms with van der Waals surface area (Å²) in [5.41, 5.74) is 3.30. The molecule has 4 rings (SSSR count). The first-order valence-corrected chi connectivity index (χ1v) is 10.9. The second kappa shape index (κ2) is 7.23. The first-order chi connectivity index (χ1) is 12.8. The van der Waals surface area contributed by atoms with Crippen LogP contribution in [0.25, 0.3) is 0 Å². The summed E-state index contributed by atoms with van der Waals surface area (Å²) in [6.45, 7) is 11.7. The summed E-state index contributed by atoms with van der Waals surface area (Å²) in [7, 11) is 2.24. The van der Waals surface area contributed by atoms with Crippen molar-refractivity contribution < 1.29 is 4.74 Å². The Hall–Kier alpha value is -1.36. The van der Waals surface area contributed by atoms with E-state index in [1.807, 2.05) is 11.3 Å². The van der Waals surface area contributed by atoms with Gasteiger partial charge in [-0.2, -0.15) is 0 Å². The molecule has 0 amide bonds. The van der Waals surface area contributed by atoms with E-state index in [9.17, 15) is 0 Å². The van der Waals surface area contributed by atoms with E-state index in [0.717, 1.165) is 13.2 Å². The molecule has 0 aliphatic carbocycles. The molecule has 1 fully saturated rings. The second-order valence-corrected chi connectivity index (χ2v) is 10.5. The van der Waals surface area contributed by atoms with Crippen LogP contribution in [0.15, 0.2) is 36.4 Å². The molecular formula is C23H32N2OS. The zero-order valence-corrected chi connectivity index (χ0v) is 17.9. The number of nitrogens with zero attached hydrogens (tertiary/aromatic N) is 2. The van der Waals surface area contributed by atoms with Gasteiger partial charge in [-0.1, -0.05) is 18.2 Å². The predicted octanol–water partition coefficient (Wildman–Crippen LogP) is 5.05. The average Bonchev–Trinajstić information content (AvgIpc) is 3.19. The number of hydrogen-bond donors (Lipinski definition) is 0. The van der Waals surface area contributed by atoms with E-state index in [2.05, 4.69) is 74.0 Å². The number of likely N-dealkylation sites (tertiary alicyclic amines) is 1. The molecule has 0 radical (unpaired) electrons. The Bertz CT molecular complexity index is 784. The van der Waals surface area contributed by atoms with Gasteiger partial charge < -0.3 is 9.64 Å². The monoisotopic (exact) mass is 384 g/mol. The standard InChI is InChI=1S/C23H32N2OS/c1-22(2,3)26-16-19-10-9-18(27-19)15-25-13-11-23(12-14-25)17-24(4)21-8-6-5-7-20(21)23/h5-10H,11-17H2,1-4H3. The lowest BCUT2D eigenvalue weighted by atomic mass is 9.74. The molecule has 3 heterocycles. The third-order valence-electron chi connectivity index (χ3n) is 5.98. The zero-order valence-electron chi connectivity index (χ0n) is 17.1. The van der Waals surface area contributed by atoms with Gasteiger partial charge in [0, 0.05) is 41.0 Å². The normalized spacial score (nSPS) is 19.6. The van der Waals surface area contributed by atoms with E-state index in [1.165, 1.54) is 47.9 Å². The molecule has 2 aliphatic rings. The molecule has 2 aliphatic heterocycles. The summed E-state index contributed by atoms with van der Waals surface area (Å²) in [6, 6.07) is 13.5. The van der Waals surface area contributed by atoms with Gasteiger partial charge in [-0.15, -0.1) is 11.3 Å². The molecule has 0 atom stereocenters. The summed E-state index contributed by atoms with van der Waals surface area (Å²) in [6.07, 6.45) is 2.53. The van der Waals surface area contributed by atoms with E-state index in [4.69, 9.17) is 4.74 Å². The molecule has 27 heavy (non-hydrogen) atoms. The lowest BCUT2D eigenvalue weighted by Crippen LogP contribution is -2.44. The maximum Gasteiger partial charge on any atom is 0.0816 e. The first kappa shape index (κ1) is 19.0. The maximum absolute atomic E-state index is 5.92. The van der Waals surface area contributed by atoms with Gasteiger partial charge in [0.1, 0.15) is 0 Å². The highest BCUT2D eigenvalue weighted by molar-refractivity contribution is 7.11. The number of likely N-dealkylation sites (N-methyl/N-ethyl adjacent to an activating group) is 1. The molecule has 0 saturated carbocycles. The van der Waals surface area contributed by atoms with Gasteiger partial charge in [0.2, 0.25) is 0 Å². The molecule has 1 saturated heterocycles. The maximum atomic E-state index is 5.92. The minimum Gasteiger partial charge on any atom is -0.373 e. The SMILES string of the molecule is CN1CC2(CCN(Cc3ccc(COC(C)(C)C)s3)CC2)c2ccccc21. The van der Waals surface area contributed by atoms with Gasteiger partial charge >= 0.3 is 0 Å². The van der Waals surface area contributed by atoms with E-state index in [-0.39, 0.29) is 5.60 Å². The van der Waals surface area contributed by atoms with Crippen LogP contribution in [0.3, 0.4) is 0 Å². The Balaban J connectivity index is 1.35. The zero-order chi connectivity index (χ0) is 19.1. The molecule has 146 valence electrons. The number of anilines is 1. The summed E-state index contributed by atoms with van der Waals surface area (Å²) >= 11 is 1.91. The Morgan fingerprint density at radius 2 is 1.74 bits per heavy atom. The van der Waals surface area contributed by atoms with Crippen LogP contribution in [0, 0.1) is 0 Å². The van der Waals surface area contributed by atoms with E-state index >= 15 is 0 Å². The lowest BCUT2D eigenvalue weighted by Gasteiger charge is -2.39. The quantitative estimate of drug-likeness (QED) is 0.734. The van der Waals surface area contributed by atoms with Crippen molar-refractivity contribution in [3.63, 3.8) is 0 Å². The van der Waals surface area contributed by atoms with E-state index in [1.54, 1.807) is 5.56 Å². The van der Waals surface area contributed by atoms with Crippen molar-refractivity contribution in [3.8, 4) is 0 Å². The van der Waals surface area contributed by atoms with Gasteiger partial charge in [0.15, 0.2) is 0 Å². The van der Waals surface area contributed by atoms with Crippen LogP contribution in [-0.4, -0.2) is 37.2 Å². The van der Waals surface area contributed by atoms with Crippen molar-refractivity contribution in [1.82, 2.24) is 4.90 Å². The van der Waals surface area contributed by atoms with E-state index in [0.29, 0.717) is 5.41 Å². The van der Waals surface area contributed by atoms with Gasteiger partial charge in [0.25, 0.3) is 0 Å². The fourth-order valence-corrected chi connectivity index (χ4v) is 5.51. The summed E-state index contributed by atoms with van der Waals surface area (Å²) in [4.78, 5) is 7.88. The van der Waals surface area contributed by atoms with Crippen molar-refractivity contribution >= 4 is 17.0 Å². The van der Waals surface area contributed by atoms with Crippen LogP contribution < -0.4 is 4.90 Å². The predicted molar refractivity (Wildman–Crippen MR) is 115 cm³/mol. The fraction of sp³-hybridized carbons (Fsp3) is 0.565. The first-order valence-electron chi connectivity index (χ1n) is 10.1. The molecule has 0 bridgehead atoms. The van der Waals surface area contributed by atoms with Crippen molar-refractivity contribution in [2.45, 2.75) is 57.8 Å². The average molecular weight is 385 g/mol. The highest BCUT2D eigenvalue weighted by Crippen LogP contribution is 2.46. The van der Waals surface area contributed by atoms with Crippen LogP contribution in [0.4, 0.5) is 5.69 Å². The van der Waals surface area contributed by atoms with Gasteiger partial charge in [-0.3, -0.25) is 4.90 Å². The number of benzene rings is 1. The number of para-hydroxylation sites is 1. The van der Waals surface area contributed by atoms with Crippen molar-refractivity contribution in [2.24, 2.45) is 0 Å². The highest BCUT2D eigenvalue weighted by atomic mass is 32.1. The molecule has 1 spiro atoms. The highest BCUT2D eigenvalue weighted by Gasteiger charge is 2.43. The third-order valence-corrected chi connectivity index (χ3v) is 7.03. The molecular weight excluding hydrogens is 352 g/mol. The molecule has 1 aromatic carbocycles. The third kappa shape index (κ3) is 4.08.